The second kappa shape index (κ2) is 11.1. The van der Waals surface area contributed by atoms with Gasteiger partial charge in [0.2, 0.25) is 5.91 Å². The van der Waals surface area contributed by atoms with Gasteiger partial charge in [0.1, 0.15) is 0 Å². The third-order valence-corrected chi connectivity index (χ3v) is 4.60. The maximum absolute atomic E-state index is 12.8. The number of nitrogens with one attached hydrogen (secondary N) is 3. The van der Waals surface area contributed by atoms with Crippen LogP contribution in [-0.2, 0) is 16.1 Å². The molecule has 1 aromatic carbocycles. The minimum absolute atomic E-state index is 0.0249. The summed E-state index contributed by atoms with van der Waals surface area (Å²) in [6.45, 7) is 14.3. The number of hydrogen-bond donors (Lipinski definition) is 3. The number of guanidine groups is 1. The van der Waals surface area contributed by atoms with Gasteiger partial charge in [0.15, 0.2) is 5.96 Å². The van der Waals surface area contributed by atoms with Crippen LogP contribution < -0.4 is 16.0 Å². The summed E-state index contributed by atoms with van der Waals surface area (Å²) in [5, 5.41) is 9.10. The molecule has 2 atom stereocenters. The van der Waals surface area contributed by atoms with Crippen LogP contribution in [-0.4, -0.2) is 66.6 Å². The Kier molecular flexibility index (Phi) is 8.86. The number of ether oxygens (including phenoxy) is 1. The molecule has 0 spiro atoms. The van der Waals surface area contributed by atoms with Crippen LogP contribution in [0.2, 0.25) is 0 Å². The number of benzene rings is 1. The third-order valence-electron chi connectivity index (χ3n) is 4.60. The highest BCUT2D eigenvalue weighted by atomic mass is 16.5. The topological polar surface area (TPSA) is 95.1 Å². The van der Waals surface area contributed by atoms with E-state index in [1.165, 1.54) is 0 Å². The molecule has 2 rings (SSSR count). The van der Waals surface area contributed by atoms with Gasteiger partial charge in [-0.1, -0.05) is 12.1 Å². The van der Waals surface area contributed by atoms with Crippen LogP contribution in [0.3, 0.4) is 0 Å². The van der Waals surface area contributed by atoms with Gasteiger partial charge in [-0.25, -0.2) is 4.99 Å². The Morgan fingerprint density at radius 3 is 2.26 bits per heavy atom. The molecule has 172 valence electrons. The van der Waals surface area contributed by atoms with Gasteiger partial charge in [-0.3, -0.25) is 9.59 Å². The zero-order chi connectivity index (χ0) is 23.0. The molecule has 0 aromatic heterocycles. The van der Waals surface area contributed by atoms with Crippen molar-refractivity contribution in [3.05, 3.63) is 35.4 Å². The summed E-state index contributed by atoms with van der Waals surface area (Å²) in [5.74, 6) is 0.507. The number of rotatable bonds is 6. The summed E-state index contributed by atoms with van der Waals surface area (Å²) >= 11 is 0. The Bertz CT molecular complexity index is 760. The Morgan fingerprint density at radius 1 is 1.10 bits per heavy atom. The van der Waals surface area contributed by atoms with Crippen molar-refractivity contribution in [2.75, 3.05) is 26.2 Å². The van der Waals surface area contributed by atoms with Crippen molar-refractivity contribution in [1.82, 2.24) is 20.9 Å². The Morgan fingerprint density at radius 2 is 1.71 bits per heavy atom. The fourth-order valence-electron chi connectivity index (χ4n) is 3.42. The summed E-state index contributed by atoms with van der Waals surface area (Å²) in [6, 6.07) is 7.52. The van der Waals surface area contributed by atoms with Crippen LogP contribution in [0.15, 0.2) is 29.3 Å². The quantitative estimate of drug-likeness (QED) is 0.472. The minimum Gasteiger partial charge on any atom is -0.372 e. The lowest BCUT2D eigenvalue weighted by Crippen LogP contribution is -2.48. The zero-order valence-corrected chi connectivity index (χ0v) is 19.6. The van der Waals surface area contributed by atoms with Crippen molar-refractivity contribution in [2.24, 2.45) is 4.99 Å². The first-order valence-electron chi connectivity index (χ1n) is 10.9. The van der Waals surface area contributed by atoms with E-state index in [1.54, 1.807) is 0 Å². The van der Waals surface area contributed by atoms with E-state index in [2.05, 4.69) is 20.9 Å². The van der Waals surface area contributed by atoms with Crippen LogP contribution in [0.25, 0.3) is 0 Å². The van der Waals surface area contributed by atoms with Crippen molar-refractivity contribution in [2.45, 2.75) is 65.8 Å². The summed E-state index contributed by atoms with van der Waals surface area (Å²) < 4.78 is 5.71. The van der Waals surface area contributed by atoms with Crippen molar-refractivity contribution >= 4 is 17.8 Å². The number of carbonyl (C=O) groups is 2. The molecular formula is C23H37N5O3. The van der Waals surface area contributed by atoms with E-state index in [0.29, 0.717) is 37.7 Å². The molecule has 1 heterocycles. The number of carbonyl (C=O) groups excluding carboxylic acids is 2. The lowest BCUT2D eigenvalue weighted by Gasteiger charge is -2.35. The molecule has 1 aromatic rings. The van der Waals surface area contributed by atoms with Gasteiger partial charge in [0.25, 0.3) is 5.91 Å². The fraction of sp³-hybridized carbons (Fsp3) is 0.609. The standard InChI is InChI=1S/C23H37N5O3/c1-7-24-22(26-13-20(29)27-23(4,5)6)25-12-18-8-10-19(11-9-18)21(30)28-14-16(2)31-17(3)15-28/h8-11,16-17H,7,12-15H2,1-6H3,(H,27,29)(H2,24,25,26). The first kappa shape index (κ1) is 24.7. The molecular weight excluding hydrogens is 394 g/mol. The molecule has 0 radical (unpaired) electrons. The van der Waals surface area contributed by atoms with Gasteiger partial charge in [-0.15, -0.1) is 0 Å². The zero-order valence-electron chi connectivity index (χ0n) is 19.6. The molecule has 8 heteroatoms. The highest BCUT2D eigenvalue weighted by molar-refractivity contribution is 5.94. The predicted octanol–water partition coefficient (Wildman–Crippen LogP) is 1.91. The third kappa shape index (κ3) is 8.57. The van der Waals surface area contributed by atoms with Gasteiger partial charge < -0.3 is 25.6 Å². The fourth-order valence-corrected chi connectivity index (χ4v) is 3.42. The lowest BCUT2D eigenvalue weighted by molar-refractivity contribution is -0.121. The summed E-state index contributed by atoms with van der Waals surface area (Å²) in [4.78, 5) is 31.2. The van der Waals surface area contributed by atoms with Crippen LogP contribution in [0.1, 0.15) is 57.5 Å². The van der Waals surface area contributed by atoms with E-state index < -0.39 is 0 Å². The second-order valence-corrected chi connectivity index (χ2v) is 9.01. The van der Waals surface area contributed by atoms with Crippen molar-refractivity contribution in [3.63, 3.8) is 0 Å². The first-order valence-corrected chi connectivity index (χ1v) is 10.9. The molecule has 1 aliphatic rings. The average molecular weight is 432 g/mol. The largest absolute Gasteiger partial charge is 0.372 e. The maximum atomic E-state index is 12.8. The van der Waals surface area contributed by atoms with E-state index >= 15 is 0 Å². The monoisotopic (exact) mass is 431 g/mol. The van der Waals surface area contributed by atoms with Crippen molar-refractivity contribution in [1.29, 1.82) is 0 Å². The van der Waals surface area contributed by atoms with E-state index in [4.69, 9.17) is 4.74 Å². The van der Waals surface area contributed by atoms with Gasteiger partial charge in [-0.2, -0.15) is 0 Å². The minimum atomic E-state index is -0.273. The Hall–Kier alpha value is -2.61. The Balaban J connectivity index is 1.94. The molecule has 31 heavy (non-hydrogen) atoms. The summed E-state index contributed by atoms with van der Waals surface area (Å²) in [6.07, 6.45) is 0.0903. The molecule has 0 saturated carbocycles. The Labute approximate surface area is 185 Å². The van der Waals surface area contributed by atoms with Gasteiger partial charge >= 0.3 is 0 Å². The van der Waals surface area contributed by atoms with Crippen molar-refractivity contribution < 1.29 is 14.3 Å². The molecule has 8 nitrogen and oxygen atoms in total. The summed E-state index contributed by atoms with van der Waals surface area (Å²) in [5.41, 5.74) is 1.37. The molecule has 0 bridgehead atoms. The van der Waals surface area contributed by atoms with E-state index in [1.807, 2.05) is 70.7 Å². The normalized spacial score (nSPS) is 19.7. The van der Waals surface area contributed by atoms with Crippen LogP contribution in [0.4, 0.5) is 0 Å². The molecule has 1 saturated heterocycles. The molecule has 2 unspecified atom stereocenters. The van der Waals surface area contributed by atoms with E-state index in [-0.39, 0.29) is 36.1 Å². The predicted molar refractivity (Wildman–Crippen MR) is 123 cm³/mol. The lowest BCUT2D eigenvalue weighted by atomic mass is 10.1. The number of amides is 2. The number of hydrogen-bond acceptors (Lipinski definition) is 4. The molecule has 1 aliphatic heterocycles. The smallest absolute Gasteiger partial charge is 0.254 e. The molecule has 2 amide bonds. The van der Waals surface area contributed by atoms with Gasteiger partial charge in [0, 0.05) is 30.7 Å². The highest BCUT2D eigenvalue weighted by Crippen LogP contribution is 2.15. The SMILES string of the molecule is CCNC(=NCc1ccc(C(=O)N2CC(C)OC(C)C2)cc1)NCC(=O)NC(C)(C)C. The maximum Gasteiger partial charge on any atom is 0.254 e. The van der Waals surface area contributed by atoms with Crippen LogP contribution in [0.5, 0.6) is 0 Å². The van der Waals surface area contributed by atoms with Crippen molar-refractivity contribution in [3.8, 4) is 0 Å². The molecule has 3 N–H and O–H groups in total. The number of nitrogens with zero attached hydrogens (tertiary/aromatic N) is 2. The van der Waals surface area contributed by atoms with Crippen LogP contribution in [0, 0.1) is 0 Å². The number of morpholine rings is 1. The van der Waals surface area contributed by atoms with E-state index in [9.17, 15) is 9.59 Å². The van der Waals surface area contributed by atoms with Gasteiger partial charge in [-0.05, 0) is 59.2 Å². The highest BCUT2D eigenvalue weighted by Gasteiger charge is 2.26. The molecule has 1 fully saturated rings. The first-order chi connectivity index (χ1) is 14.6. The molecule has 0 aliphatic carbocycles. The summed E-state index contributed by atoms with van der Waals surface area (Å²) in [7, 11) is 0. The van der Waals surface area contributed by atoms with Gasteiger partial charge in [0.05, 0.1) is 25.3 Å². The second-order valence-electron chi connectivity index (χ2n) is 9.01. The average Bonchev–Trinajstić information content (AvgIpc) is 2.68. The van der Waals surface area contributed by atoms with Crippen LogP contribution >= 0.6 is 0 Å². The number of aliphatic imine (C=N–C) groups is 1. The van der Waals surface area contributed by atoms with E-state index in [0.717, 1.165) is 5.56 Å².